The number of hydrogen-bond donors (Lipinski definition) is 2. The van der Waals surface area contributed by atoms with Crippen molar-refractivity contribution in [1.82, 2.24) is 10.2 Å². The van der Waals surface area contributed by atoms with Gasteiger partial charge in [-0.15, -0.1) is 10.2 Å². The number of nitrogens with one attached hydrogen (secondary N) is 1. The van der Waals surface area contributed by atoms with E-state index in [2.05, 4.69) is 41.6 Å². The van der Waals surface area contributed by atoms with E-state index >= 15 is 0 Å². The van der Waals surface area contributed by atoms with Gasteiger partial charge in [0.05, 0.1) is 0 Å². The summed E-state index contributed by atoms with van der Waals surface area (Å²) in [6, 6.07) is 1.79. The van der Waals surface area contributed by atoms with Gasteiger partial charge in [-0.05, 0) is 12.0 Å². The van der Waals surface area contributed by atoms with Crippen molar-refractivity contribution in [3.8, 4) is 0 Å². The van der Waals surface area contributed by atoms with Crippen molar-refractivity contribution in [2.24, 2.45) is 0 Å². The zero-order valence-electron chi connectivity index (χ0n) is 8.87. The Morgan fingerprint density at radius 3 is 2.36 bits per heavy atom. The fourth-order valence-electron chi connectivity index (χ4n) is 0.908. The summed E-state index contributed by atoms with van der Waals surface area (Å²) in [4.78, 5) is 0. The van der Waals surface area contributed by atoms with Gasteiger partial charge in [0.15, 0.2) is 11.0 Å². The number of nitrogens with zero attached hydrogens (tertiary/aromatic N) is 2. The van der Waals surface area contributed by atoms with Gasteiger partial charge in [-0.1, -0.05) is 52.1 Å². The molecule has 80 valence electrons. The second-order valence-electron chi connectivity index (χ2n) is 2.74. The van der Waals surface area contributed by atoms with E-state index in [9.17, 15) is 0 Å². The van der Waals surface area contributed by atoms with E-state index < -0.39 is 0 Å². The fraction of sp³-hybridized carbons (Fsp3) is 0.556. The zero-order chi connectivity index (χ0) is 11.1. The van der Waals surface area contributed by atoms with Gasteiger partial charge in [-0.25, -0.2) is 0 Å². The first-order valence-electron chi connectivity index (χ1n) is 4.58. The van der Waals surface area contributed by atoms with E-state index in [1.54, 1.807) is 6.07 Å². The normalized spacial score (nSPS) is 9.36. The van der Waals surface area contributed by atoms with E-state index in [1.165, 1.54) is 0 Å². The molecule has 3 nitrogen and oxygen atoms in total. The summed E-state index contributed by atoms with van der Waals surface area (Å²) in [5.74, 6) is 1.02. The molecule has 0 aromatic carbocycles. The van der Waals surface area contributed by atoms with Crippen LogP contribution in [0.3, 0.4) is 0 Å². The molecule has 1 aromatic heterocycles. The maximum Gasteiger partial charge on any atom is 0.161 e. The first kappa shape index (κ1) is 13.5. The smallest absolute Gasteiger partial charge is 0.161 e. The van der Waals surface area contributed by atoms with Crippen molar-refractivity contribution in [1.29, 1.82) is 0 Å². The summed E-state index contributed by atoms with van der Waals surface area (Å²) in [5, 5.41) is 7.95. The van der Waals surface area contributed by atoms with Crippen LogP contribution in [0.15, 0.2) is 6.07 Å². The molecule has 0 aliphatic rings. The van der Waals surface area contributed by atoms with E-state index in [1.807, 2.05) is 13.8 Å². The molecule has 1 heterocycles. The Hall–Kier alpha value is -0.480. The van der Waals surface area contributed by atoms with Crippen molar-refractivity contribution in [3.05, 3.63) is 16.8 Å². The average molecular weight is 234 g/mol. The third kappa shape index (κ3) is 3.72. The Morgan fingerprint density at radius 1 is 1.36 bits per heavy atom. The molecule has 0 amide bonds. The molecule has 14 heavy (non-hydrogen) atoms. The van der Waals surface area contributed by atoms with Gasteiger partial charge >= 0.3 is 0 Å². The molecule has 0 aliphatic heterocycles. The van der Waals surface area contributed by atoms with Gasteiger partial charge in [0.2, 0.25) is 0 Å². The predicted molar refractivity (Wildman–Crippen MR) is 65.1 cm³/mol. The van der Waals surface area contributed by atoms with Crippen molar-refractivity contribution in [2.45, 2.75) is 33.6 Å². The number of aromatic nitrogens is 2. The molecule has 1 rings (SSSR count). The maximum atomic E-state index is 5.69. The second-order valence-corrected chi connectivity index (χ2v) is 3.35. The van der Waals surface area contributed by atoms with Crippen LogP contribution in [-0.2, 0) is 0 Å². The Morgan fingerprint density at radius 2 is 1.93 bits per heavy atom. The van der Waals surface area contributed by atoms with Crippen LogP contribution in [0.25, 0.3) is 0 Å². The SMILES string of the molecule is CC.CC(C)c1cc(Cl)nnc1NS. The summed E-state index contributed by atoms with van der Waals surface area (Å²) >= 11 is 9.60. The Bertz CT molecular complexity index is 279. The number of halogens is 1. The van der Waals surface area contributed by atoms with Crippen LogP contribution in [0.1, 0.15) is 39.2 Å². The minimum Gasteiger partial charge on any atom is -0.315 e. The molecule has 5 heteroatoms. The summed E-state index contributed by atoms with van der Waals surface area (Å²) in [7, 11) is 0. The second kappa shape index (κ2) is 6.90. The highest BCUT2D eigenvalue weighted by Crippen LogP contribution is 2.23. The van der Waals surface area contributed by atoms with Crippen molar-refractivity contribution >= 4 is 30.2 Å². The van der Waals surface area contributed by atoms with Crippen molar-refractivity contribution in [3.63, 3.8) is 0 Å². The molecule has 0 fully saturated rings. The number of hydrogen-bond acceptors (Lipinski definition) is 4. The lowest BCUT2D eigenvalue weighted by Crippen LogP contribution is -1.98. The number of thiol groups is 1. The Kier molecular flexibility index (Phi) is 6.66. The summed E-state index contributed by atoms with van der Waals surface area (Å²) in [5.41, 5.74) is 1.02. The highest BCUT2D eigenvalue weighted by atomic mass is 35.5. The van der Waals surface area contributed by atoms with Gasteiger partial charge in [-0.2, -0.15) is 0 Å². The molecule has 0 spiro atoms. The Labute approximate surface area is 95.8 Å². The number of anilines is 1. The molecule has 0 saturated carbocycles. The molecule has 0 radical (unpaired) electrons. The maximum absolute atomic E-state index is 5.69. The van der Waals surface area contributed by atoms with E-state index in [-0.39, 0.29) is 0 Å². The van der Waals surface area contributed by atoms with Crippen molar-refractivity contribution < 1.29 is 0 Å². The third-order valence-electron chi connectivity index (χ3n) is 1.52. The molecule has 0 aliphatic carbocycles. The molecule has 1 aromatic rings. The molecule has 1 N–H and O–H groups in total. The molecular formula is C9H16ClN3S. The standard InChI is InChI=1S/C7H10ClN3S.C2H6/c1-4(2)5-3-6(8)9-10-7(5)11-12;1-2/h3-4,12H,1-2H3,(H,10,11);1-2H3. The third-order valence-corrected chi connectivity index (χ3v) is 1.92. The first-order chi connectivity index (χ1) is 6.65. The molecule has 0 bridgehead atoms. The van der Waals surface area contributed by atoms with Gasteiger partial charge in [0, 0.05) is 5.56 Å². The van der Waals surface area contributed by atoms with Gasteiger partial charge in [0.25, 0.3) is 0 Å². The first-order valence-corrected chi connectivity index (χ1v) is 5.41. The van der Waals surface area contributed by atoms with Crippen LogP contribution in [0.4, 0.5) is 5.82 Å². The van der Waals surface area contributed by atoms with Crippen LogP contribution in [-0.4, -0.2) is 10.2 Å². The topological polar surface area (TPSA) is 37.8 Å². The van der Waals surface area contributed by atoms with Crippen molar-refractivity contribution in [2.75, 3.05) is 4.72 Å². The van der Waals surface area contributed by atoms with E-state index in [0.717, 1.165) is 5.56 Å². The molecular weight excluding hydrogens is 218 g/mol. The predicted octanol–water partition coefficient (Wildman–Crippen LogP) is 3.54. The highest BCUT2D eigenvalue weighted by Gasteiger charge is 2.08. The molecule has 0 saturated heterocycles. The number of rotatable bonds is 2. The van der Waals surface area contributed by atoms with Crippen LogP contribution >= 0.6 is 24.4 Å². The lowest BCUT2D eigenvalue weighted by atomic mass is 10.1. The van der Waals surface area contributed by atoms with E-state index in [4.69, 9.17) is 11.6 Å². The minimum atomic E-state index is 0.354. The lowest BCUT2D eigenvalue weighted by molar-refractivity contribution is 0.848. The van der Waals surface area contributed by atoms with Crippen LogP contribution < -0.4 is 4.72 Å². The summed E-state index contributed by atoms with van der Waals surface area (Å²) < 4.78 is 2.67. The monoisotopic (exact) mass is 233 g/mol. The lowest BCUT2D eigenvalue weighted by Gasteiger charge is -2.09. The van der Waals surface area contributed by atoms with E-state index in [0.29, 0.717) is 16.9 Å². The zero-order valence-corrected chi connectivity index (χ0v) is 10.5. The van der Waals surface area contributed by atoms with Crippen LogP contribution in [0.5, 0.6) is 0 Å². The molecule has 0 unspecified atom stereocenters. The fourth-order valence-corrected chi connectivity index (χ4v) is 1.24. The Balaban J connectivity index is 0.000000791. The molecule has 0 atom stereocenters. The van der Waals surface area contributed by atoms with Gasteiger partial charge in [0.1, 0.15) is 0 Å². The highest BCUT2D eigenvalue weighted by molar-refractivity contribution is 7.81. The summed E-state index contributed by atoms with van der Waals surface area (Å²) in [6.07, 6.45) is 0. The van der Waals surface area contributed by atoms with Gasteiger partial charge < -0.3 is 4.72 Å². The summed E-state index contributed by atoms with van der Waals surface area (Å²) in [6.45, 7) is 8.12. The largest absolute Gasteiger partial charge is 0.315 e. The van der Waals surface area contributed by atoms with Gasteiger partial charge in [-0.3, -0.25) is 0 Å². The average Bonchev–Trinajstić information content (AvgIpc) is 2.20. The quantitative estimate of drug-likeness (QED) is 0.768. The van der Waals surface area contributed by atoms with Crippen LogP contribution in [0.2, 0.25) is 5.15 Å². The minimum absolute atomic E-state index is 0.354. The van der Waals surface area contributed by atoms with Crippen LogP contribution in [0, 0.1) is 0 Å².